The van der Waals surface area contributed by atoms with Crippen molar-refractivity contribution in [3.05, 3.63) is 54.2 Å². The van der Waals surface area contributed by atoms with Gasteiger partial charge < -0.3 is 10.1 Å². The molecule has 2 aliphatic rings. The molecule has 1 spiro atoms. The van der Waals surface area contributed by atoms with Crippen molar-refractivity contribution in [2.75, 3.05) is 18.4 Å². The summed E-state index contributed by atoms with van der Waals surface area (Å²) in [5, 5.41) is 12.7. The molecule has 1 aromatic carbocycles. The van der Waals surface area contributed by atoms with E-state index >= 15 is 0 Å². The zero-order chi connectivity index (χ0) is 15.9. The minimum absolute atomic E-state index is 0.0416. The van der Waals surface area contributed by atoms with Gasteiger partial charge in [0, 0.05) is 6.20 Å². The van der Waals surface area contributed by atoms with Crippen molar-refractivity contribution >= 4 is 11.5 Å². The number of fused-ring (bicyclic) bond motifs is 1. The predicted molar refractivity (Wildman–Crippen MR) is 82.6 cm³/mol. The molecule has 4 rings (SSSR count). The third-order valence-electron chi connectivity index (χ3n) is 4.37. The number of nitrogens with one attached hydrogen (secondary N) is 1. The number of anilines is 1. The fraction of sp³-hybridized carbons (Fsp3) is 0.235. The summed E-state index contributed by atoms with van der Waals surface area (Å²) in [5.74, 6) is 0.282. The van der Waals surface area contributed by atoms with Gasteiger partial charge in [0.2, 0.25) is 17.3 Å². The molecule has 2 aliphatic heterocycles. The molecule has 0 amide bonds. The average molecular weight is 306 g/mol. The maximum absolute atomic E-state index is 12.7. The van der Waals surface area contributed by atoms with Gasteiger partial charge in [-0.05, 0) is 17.7 Å². The van der Waals surface area contributed by atoms with Gasteiger partial charge in [-0.2, -0.15) is 5.26 Å². The molecular weight excluding hydrogens is 292 g/mol. The van der Waals surface area contributed by atoms with Gasteiger partial charge >= 0.3 is 0 Å². The summed E-state index contributed by atoms with van der Waals surface area (Å²) in [6, 6.07) is 12.7. The molecule has 114 valence electrons. The van der Waals surface area contributed by atoms with Crippen molar-refractivity contribution < 1.29 is 9.53 Å². The molecule has 1 unspecified atom stereocenters. The number of carbonyl (C=O) groups excluding carboxylic acids is 1. The number of pyridine rings is 1. The van der Waals surface area contributed by atoms with E-state index in [0.717, 1.165) is 11.3 Å². The molecule has 0 aliphatic carbocycles. The molecule has 1 N–H and O–H groups in total. The van der Waals surface area contributed by atoms with Crippen LogP contribution in [0, 0.1) is 11.5 Å². The largest absolute Gasteiger partial charge is 0.457 e. The lowest BCUT2D eigenvalue weighted by Gasteiger charge is -2.38. The first-order valence-electron chi connectivity index (χ1n) is 7.37. The van der Waals surface area contributed by atoms with Crippen LogP contribution in [0.3, 0.4) is 0 Å². The molecule has 0 bridgehead atoms. The number of benzene rings is 1. The number of ether oxygens (including phenoxy) is 1. The number of nitriles is 1. The maximum Gasteiger partial charge on any atom is 0.238 e. The SMILES string of the molecule is N#CN1CC(=O)C2(CNc3cccnc3O2)[C@@H]1c1ccccc1. The molecule has 6 heteroatoms. The molecule has 1 fully saturated rings. The molecule has 1 saturated heterocycles. The highest BCUT2D eigenvalue weighted by Gasteiger charge is 2.58. The lowest BCUT2D eigenvalue weighted by Crippen LogP contribution is -2.54. The predicted octanol–water partition coefficient (Wildman–Crippen LogP) is 1.73. The van der Waals surface area contributed by atoms with E-state index in [-0.39, 0.29) is 12.3 Å². The van der Waals surface area contributed by atoms with Gasteiger partial charge in [0.15, 0.2) is 6.19 Å². The molecule has 6 nitrogen and oxygen atoms in total. The van der Waals surface area contributed by atoms with Crippen molar-refractivity contribution in [3.8, 4) is 12.1 Å². The average Bonchev–Trinajstić information content (AvgIpc) is 2.87. The normalized spacial score (nSPS) is 25.4. The number of Topliss-reactive ketones (excluding diaryl/α,β-unsaturated/α-hetero) is 1. The summed E-state index contributed by atoms with van der Waals surface area (Å²) in [7, 11) is 0. The minimum atomic E-state index is -1.14. The molecule has 0 radical (unpaired) electrons. The van der Waals surface area contributed by atoms with Crippen LogP contribution in [0.1, 0.15) is 11.6 Å². The topological polar surface area (TPSA) is 78.3 Å². The molecule has 23 heavy (non-hydrogen) atoms. The summed E-state index contributed by atoms with van der Waals surface area (Å²) in [6.07, 6.45) is 3.75. The standard InChI is InChI=1S/C17H14N4O2/c18-11-21-9-14(22)17(15(21)12-5-2-1-3-6-12)10-20-13-7-4-8-19-16(13)23-17/h1-8,15,20H,9-10H2/t15-,17?/m0/s1. The third kappa shape index (κ3) is 1.94. The number of carbonyl (C=O) groups is 1. The van der Waals surface area contributed by atoms with Crippen LogP contribution >= 0.6 is 0 Å². The van der Waals surface area contributed by atoms with E-state index in [1.54, 1.807) is 12.3 Å². The van der Waals surface area contributed by atoms with Gasteiger partial charge in [0.05, 0.1) is 18.8 Å². The summed E-state index contributed by atoms with van der Waals surface area (Å²) in [4.78, 5) is 18.4. The molecule has 3 heterocycles. The van der Waals surface area contributed by atoms with E-state index in [4.69, 9.17) is 4.74 Å². The molecule has 0 saturated carbocycles. The zero-order valence-electron chi connectivity index (χ0n) is 12.3. The molecule has 2 aromatic rings. The smallest absolute Gasteiger partial charge is 0.238 e. The van der Waals surface area contributed by atoms with Gasteiger partial charge in [-0.1, -0.05) is 30.3 Å². The van der Waals surface area contributed by atoms with Gasteiger partial charge in [0.1, 0.15) is 6.04 Å². The second-order valence-corrected chi connectivity index (χ2v) is 5.67. The van der Waals surface area contributed by atoms with Crippen molar-refractivity contribution in [1.82, 2.24) is 9.88 Å². The van der Waals surface area contributed by atoms with Crippen molar-refractivity contribution in [1.29, 1.82) is 5.26 Å². The van der Waals surface area contributed by atoms with Gasteiger partial charge in [0.25, 0.3) is 0 Å². The number of hydrogen-bond acceptors (Lipinski definition) is 6. The van der Waals surface area contributed by atoms with Crippen LogP contribution in [0.4, 0.5) is 5.69 Å². The van der Waals surface area contributed by atoms with E-state index in [0.29, 0.717) is 12.4 Å². The second-order valence-electron chi connectivity index (χ2n) is 5.67. The van der Waals surface area contributed by atoms with E-state index in [9.17, 15) is 10.1 Å². The van der Waals surface area contributed by atoms with E-state index in [1.807, 2.05) is 36.4 Å². The fourth-order valence-corrected chi connectivity index (χ4v) is 3.31. The van der Waals surface area contributed by atoms with Gasteiger partial charge in [-0.15, -0.1) is 0 Å². The Balaban J connectivity index is 1.83. The van der Waals surface area contributed by atoms with Crippen molar-refractivity contribution in [3.63, 3.8) is 0 Å². The summed E-state index contributed by atoms with van der Waals surface area (Å²) >= 11 is 0. The third-order valence-corrected chi connectivity index (χ3v) is 4.37. The van der Waals surface area contributed by atoms with Crippen LogP contribution in [0.5, 0.6) is 5.88 Å². The number of aromatic nitrogens is 1. The highest BCUT2D eigenvalue weighted by molar-refractivity contribution is 5.94. The van der Waals surface area contributed by atoms with Crippen LogP contribution in [-0.2, 0) is 4.79 Å². The highest BCUT2D eigenvalue weighted by atomic mass is 16.5. The Morgan fingerprint density at radius 3 is 2.91 bits per heavy atom. The monoisotopic (exact) mass is 306 g/mol. The Hall–Kier alpha value is -3.07. The van der Waals surface area contributed by atoms with Crippen molar-refractivity contribution in [2.24, 2.45) is 0 Å². The number of rotatable bonds is 1. The highest BCUT2D eigenvalue weighted by Crippen LogP contribution is 2.44. The van der Waals surface area contributed by atoms with Crippen LogP contribution in [0.15, 0.2) is 48.7 Å². The number of hydrogen-bond donors (Lipinski definition) is 1. The maximum atomic E-state index is 12.7. The summed E-state index contributed by atoms with van der Waals surface area (Å²) in [5.41, 5.74) is 0.493. The zero-order valence-corrected chi connectivity index (χ0v) is 12.3. The second kappa shape index (κ2) is 4.99. The summed E-state index contributed by atoms with van der Waals surface area (Å²) in [6.45, 7) is 0.349. The van der Waals surface area contributed by atoms with Crippen LogP contribution in [-0.4, -0.2) is 34.4 Å². The van der Waals surface area contributed by atoms with E-state index < -0.39 is 11.6 Å². The first kappa shape index (κ1) is 13.6. The Kier molecular flexibility index (Phi) is 2.95. The Morgan fingerprint density at radius 1 is 1.30 bits per heavy atom. The van der Waals surface area contributed by atoms with Crippen LogP contribution < -0.4 is 10.1 Å². The lowest BCUT2D eigenvalue weighted by molar-refractivity contribution is -0.130. The van der Waals surface area contributed by atoms with Crippen molar-refractivity contribution in [2.45, 2.75) is 11.6 Å². The van der Waals surface area contributed by atoms with Crippen LogP contribution in [0.2, 0.25) is 0 Å². The molecular formula is C17H14N4O2. The quantitative estimate of drug-likeness (QED) is 0.808. The van der Waals surface area contributed by atoms with E-state index in [2.05, 4.69) is 16.5 Å². The number of nitrogens with zero attached hydrogens (tertiary/aromatic N) is 3. The first-order chi connectivity index (χ1) is 11.2. The first-order valence-corrected chi connectivity index (χ1v) is 7.37. The number of likely N-dealkylation sites (tertiary alicyclic amines) is 1. The summed E-state index contributed by atoms with van der Waals surface area (Å²) < 4.78 is 6.08. The molecule has 2 atom stereocenters. The van der Waals surface area contributed by atoms with E-state index in [1.165, 1.54) is 4.90 Å². The number of ketones is 1. The van der Waals surface area contributed by atoms with Crippen LogP contribution in [0.25, 0.3) is 0 Å². The Labute approximate surface area is 133 Å². The fourth-order valence-electron chi connectivity index (χ4n) is 3.31. The minimum Gasteiger partial charge on any atom is -0.457 e. The van der Waals surface area contributed by atoms with Gasteiger partial charge in [-0.25, -0.2) is 4.98 Å². The Bertz CT molecular complexity index is 802. The molecule has 1 aromatic heterocycles. The lowest BCUT2D eigenvalue weighted by atomic mass is 9.87. The van der Waals surface area contributed by atoms with Gasteiger partial charge in [-0.3, -0.25) is 9.69 Å². The Morgan fingerprint density at radius 2 is 2.13 bits per heavy atom.